The van der Waals surface area contributed by atoms with Gasteiger partial charge in [0.05, 0.1) is 6.04 Å². The highest BCUT2D eigenvalue weighted by atomic mass is 35.5. The molecule has 102 valence electrons. The third kappa shape index (κ3) is 3.45. The maximum Gasteiger partial charge on any atom is 0.137 e. The van der Waals surface area contributed by atoms with Crippen molar-refractivity contribution in [2.45, 2.75) is 39.2 Å². The predicted octanol–water partition coefficient (Wildman–Crippen LogP) is 4.71. The summed E-state index contributed by atoms with van der Waals surface area (Å²) in [6.45, 7) is 4.26. The molecule has 1 unspecified atom stereocenters. The normalized spacial score (nSPS) is 12.4. The van der Waals surface area contributed by atoms with Gasteiger partial charge in [0.15, 0.2) is 0 Å². The number of nitrogens with one attached hydrogen (secondary N) is 1. The minimum absolute atomic E-state index is 0.293. The summed E-state index contributed by atoms with van der Waals surface area (Å²) in [6, 6.07) is 4.53. The first-order valence-corrected chi connectivity index (χ1v) is 7.81. The SMILES string of the molecule is CCCC(Nc1ncnc(Cl)c1CC)c1cccs1. The van der Waals surface area contributed by atoms with E-state index in [4.69, 9.17) is 11.6 Å². The average Bonchev–Trinajstić information content (AvgIpc) is 2.92. The van der Waals surface area contributed by atoms with Crippen molar-refractivity contribution in [1.82, 2.24) is 9.97 Å². The maximum atomic E-state index is 6.13. The van der Waals surface area contributed by atoms with E-state index in [1.54, 1.807) is 11.3 Å². The van der Waals surface area contributed by atoms with Crippen LogP contribution in [0, 0.1) is 0 Å². The first-order chi connectivity index (χ1) is 9.26. The molecule has 2 aromatic rings. The molecule has 2 aromatic heterocycles. The van der Waals surface area contributed by atoms with Crippen molar-refractivity contribution in [2.75, 3.05) is 5.32 Å². The molecule has 0 radical (unpaired) electrons. The van der Waals surface area contributed by atoms with E-state index in [0.717, 1.165) is 30.6 Å². The largest absolute Gasteiger partial charge is 0.362 e. The standard InChI is InChI=1S/C14H18ClN3S/c1-3-6-11(12-7-5-8-19-12)18-14-10(4-2)13(15)16-9-17-14/h5,7-9,11H,3-4,6H2,1-2H3,(H,16,17,18). The molecule has 0 aromatic carbocycles. The van der Waals surface area contributed by atoms with Crippen LogP contribution < -0.4 is 5.32 Å². The highest BCUT2D eigenvalue weighted by Gasteiger charge is 2.15. The van der Waals surface area contributed by atoms with Gasteiger partial charge >= 0.3 is 0 Å². The van der Waals surface area contributed by atoms with Gasteiger partial charge in [-0.3, -0.25) is 0 Å². The van der Waals surface area contributed by atoms with Crippen LogP contribution in [-0.2, 0) is 6.42 Å². The van der Waals surface area contributed by atoms with E-state index < -0.39 is 0 Å². The average molecular weight is 296 g/mol. The van der Waals surface area contributed by atoms with Crippen LogP contribution in [-0.4, -0.2) is 9.97 Å². The summed E-state index contributed by atoms with van der Waals surface area (Å²) in [5.41, 5.74) is 0.988. The number of hydrogen-bond acceptors (Lipinski definition) is 4. The quantitative estimate of drug-likeness (QED) is 0.784. The van der Waals surface area contributed by atoms with E-state index in [9.17, 15) is 0 Å². The summed E-state index contributed by atoms with van der Waals surface area (Å²) in [5.74, 6) is 0.856. The van der Waals surface area contributed by atoms with Crippen LogP contribution in [0.15, 0.2) is 23.8 Å². The Kier molecular flexibility index (Phi) is 5.16. The lowest BCUT2D eigenvalue weighted by atomic mass is 10.1. The van der Waals surface area contributed by atoms with Gasteiger partial charge in [0.2, 0.25) is 0 Å². The molecule has 0 aliphatic heterocycles. The Morgan fingerprint density at radius 1 is 1.37 bits per heavy atom. The van der Waals surface area contributed by atoms with Crippen LogP contribution in [0.1, 0.15) is 43.2 Å². The van der Waals surface area contributed by atoms with Crippen molar-refractivity contribution in [3.63, 3.8) is 0 Å². The smallest absolute Gasteiger partial charge is 0.137 e. The molecule has 5 heteroatoms. The molecule has 0 aliphatic carbocycles. The lowest BCUT2D eigenvalue weighted by Gasteiger charge is -2.19. The van der Waals surface area contributed by atoms with E-state index in [2.05, 4.69) is 46.6 Å². The molecule has 1 N–H and O–H groups in total. The third-order valence-corrected chi connectivity index (χ3v) is 4.33. The van der Waals surface area contributed by atoms with Crippen LogP contribution >= 0.6 is 22.9 Å². The molecule has 0 saturated heterocycles. The number of aromatic nitrogens is 2. The summed E-state index contributed by atoms with van der Waals surface area (Å²) in [6.07, 6.45) is 4.54. The number of thiophene rings is 1. The van der Waals surface area contributed by atoms with Gasteiger partial charge < -0.3 is 5.32 Å². The number of anilines is 1. The molecule has 0 bridgehead atoms. The van der Waals surface area contributed by atoms with Gasteiger partial charge in [-0.1, -0.05) is 37.9 Å². The molecule has 0 aliphatic rings. The zero-order valence-corrected chi connectivity index (χ0v) is 12.8. The first kappa shape index (κ1) is 14.3. The topological polar surface area (TPSA) is 37.8 Å². The molecule has 0 amide bonds. The van der Waals surface area contributed by atoms with Crippen LogP contribution in [0.4, 0.5) is 5.82 Å². The number of nitrogens with zero attached hydrogens (tertiary/aromatic N) is 2. The van der Waals surface area contributed by atoms with Crippen molar-refractivity contribution < 1.29 is 0 Å². The molecule has 19 heavy (non-hydrogen) atoms. The van der Waals surface area contributed by atoms with Gasteiger partial charge in [-0.15, -0.1) is 11.3 Å². The van der Waals surface area contributed by atoms with Crippen LogP contribution in [0.3, 0.4) is 0 Å². The lowest BCUT2D eigenvalue weighted by molar-refractivity contribution is 0.682. The zero-order chi connectivity index (χ0) is 13.7. The fourth-order valence-electron chi connectivity index (χ4n) is 2.06. The maximum absolute atomic E-state index is 6.13. The van der Waals surface area contributed by atoms with Crippen LogP contribution in [0.5, 0.6) is 0 Å². The highest BCUT2D eigenvalue weighted by Crippen LogP contribution is 2.29. The fraction of sp³-hybridized carbons (Fsp3) is 0.429. The second-order valence-electron chi connectivity index (χ2n) is 4.35. The van der Waals surface area contributed by atoms with Crippen molar-refractivity contribution in [2.24, 2.45) is 0 Å². The summed E-state index contributed by atoms with van der Waals surface area (Å²) in [5, 5.41) is 6.17. The Bertz CT molecular complexity index is 513. The molecule has 0 spiro atoms. The van der Waals surface area contributed by atoms with Crippen molar-refractivity contribution in [3.05, 3.63) is 39.4 Å². The second kappa shape index (κ2) is 6.87. The monoisotopic (exact) mass is 295 g/mol. The van der Waals surface area contributed by atoms with Crippen LogP contribution in [0.2, 0.25) is 5.15 Å². The van der Waals surface area contributed by atoms with Gasteiger partial charge in [0, 0.05) is 10.4 Å². The molecule has 1 atom stereocenters. The van der Waals surface area contributed by atoms with Crippen LogP contribution in [0.25, 0.3) is 0 Å². The third-order valence-electron chi connectivity index (χ3n) is 3.02. The van der Waals surface area contributed by atoms with Gasteiger partial charge in [-0.2, -0.15) is 0 Å². The fourth-order valence-corrected chi connectivity index (χ4v) is 3.14. The first-order valence-electron chi connectivity index (χ1n) is 6.55. The van der Waals surface area contributed by atoms with Crippen molar-refractivity contribution >= 4 is 28.8 Å². The number of hydrogen-bond donors (Lipinski definition) is 1. The molecule has 2 rings (SSSR count). The minimum Gasteiger partial charge on any atom is -0.362 e. The molecular formula is C14H18ClN3S. The molecule has 0 saturated carbocycles. The minimum atomic E-state index is 0.293. The Labute approximate surface area is 123 Å². The molecule has 0 fully saturated rings. The Balaban J connectivity index is 2.24. The number of halogens is 1. The summed E-state index contributed by atoms with van der Waals surface area (Å²) in [4.78, 5) is 9.72. The highest BCUT2D eigenvalue weighted by molar-refractivity contribution is 7.10. The van der Waals surface area contributed by atoms with E-state index in [1.807, 2.05) is 0 Å². The van der Waals surface area contributed by atoms with Crippen molar-refractivity contribution in [1.29, 1.82) is 0 Å². The second-order valence-corrected chi connectivity index (χ2v) is 5.68. The Morgan fingerprint density at radius 3 is 2.84 bits per heavy atom. The summed E-state index contributed by atoms with van der Waals surface area (Å²) < 4.78 is 0. The van der Waals surface area contributed by atoms with Crippen molar-refractivity contribution in [3.8, 4) is 0 Å². The van der Waals surface area contributed by atoms with Gasteiger partial charge in [0.25, 0.3) is 0 Å². The summed E-state index contributed by atoms with van der Waals surface area (Å²) in [7, 11) is 0. The van der Waals surface area contributed by atoms with E-state index in [0.29, 0.717) is 11.2 Å². The van der Waals surface area contributed by atoms with E-state index in [-0.39, 0.29) is 0 Å². The van der Waals surface area contributed by atoms with Gasteiger partial charge in [-0.25, -0.2) is 9.97 Å². The molecule has 3 nitrogen and oxygen atoms in total. The zero-order valence-electron chi connectivity index (χ0n) is 11.2. The Morgan fingerprint density at radius 2 is 2.21 bits per heavy atom. The van der Waals surface area contributed by atoms with Gasteiger partial charge in [0.1, 0.15) is 17.3 Å². The van der Waals surface area contributed by atoms with Gasteiger partial charge in [-0.05, 0) is 24.3 Å². The molecule has 2 heterocycles. The van der Waals surface area contributed by atoms with E-state index in [1.165, 1.54) is 11.2 Å². The lowest BCUT2D eigenvalue weighted by Crippen LogP contribution is -2.12. The predicted molar refractivity (Wildman–Crippen MR) is 82.0 cm³/mol. The summed E-state index contributed by atoms with van der Waals surface area (Å²) >= 11 is 7.90. The number of rotatable bonds is 6. The van der Waals surface area contributed by atoms with E-state index >= 15 is 0 Å². The Hall–Kier alpha value is -1.13. The molecular weight excluding hydrogens is 278 g/mol.